The third-order valence-corrected chi connectivity index (χ3v) is 11.9. The van der Waals surface area contributed by atoms with E-state index in [0.717, 1.165) is 70.6 Å². The number of carboxylic acids is 1. The molecule has 2 amide bonds. The lowest BCUT2D eigenvalue weighted by molar-refractivity contribution is -0.150. The summed E-state index contributed by atoms with van der Waals surface area (Å²) in [6, 6.07) is -1.38. The number of aliphatic hydroxyl groups excluding tert-OH is 1. The summed E-state index contributed by atoms with van der Waals surface area (Å²) in [5, 5.41) is 22.6. The fourth-order valence-electron chi connectivity index (χ4n) is 7.89. The number of carbonyl (C=O) groups is 4. The number of aliphatic carboxylic acids is 1. The number of allylic oxidation sites excluding steroid dienone is 4. The predicted octanol–water partition coefficient (Wildman–Crippen LogP) is 13.9. The van der Waals surface area contributed by atoms with Crippen molar-refractivity contribution < 1.29 is 34.1 Å². The summed E-state index contributed by atoms with van der Waals surface area (Å²) in [5.41, 5.74) is 0. The molecule has 0 aliphatic rings. The van der Waals surface area contributed by atoms with E-state index >= 15 is 0 Å². The highest BCUT2D eigenvalue weighted by atomic mass is 16.5. The molecule has 0 saturated carbocycles. The zero-order valence-electron chi connectivity index (χ0n) is 40.4. The van der Waals surface area contributed by atoms with Crippen molar-refractivity contribution in [1.29, 1.82) is 0 Å². The molecule has 4 N–H and O–H groups in total. The minimum Gasteiger partial charge on any atom is -0.480 e. The number of hydrogen-bond donors (Lipinski definition) is 4. The van der Waals surface area contributed by atoms with Crippen molar-refractivity contribution in [2.24, 2.45) is 0 Å². The van der Waals surface area contributed by atoms with Gasteiger partial charge in [-0.3, -0.25) is 14.4 Å². The van der Waals surface area contributed by atoms with E-state index in [0.29, 0.717) is 19.3 Å². The second-order valence-electron chi connectivity index (χ2n) is 18.0. The van der Waals surface area contributed by atoms with Gasteiger partial charge in [-0.15, -0.1) is 0 Å². The molecule has 0 aromatic rings. The standard InChI is InChI=1S/C53H98N2O7/c1-3-5-7-9-11-13-15-17-18-19-20-21-22-23-24-26-28-30-32-37-41-45-52(59)62-48(42-38-34-31-29-27-25-16-14-12-10-8-6-4-2)43-39-35-33-36-40-44-50(57)54-46-51(58)55-49(47-56)53(60)61/h19-20,29,31,48-49,56H,3-18,21-28,30,32-47H2,1-2H3,(H,54,57)(H,55,58)(H,60,61)/b20-19-,31-29-. The maximum Gasteiger partial charge on any atom is 0.328 e. The molecule has 0 radical (unpaired) electrons. The van der Waals surface area contributed by atoms with Gasteiger partial charge in [-0.05, 0) is 83.5 Å². The molecule has 2 unspecified atom stereocenters. The highest BCUT2D eigenvalue weighted by Gasteiger charge is 2.19. The molecule has 9 nitrogen and oxygen atoms in total. The van der Waals surface area contributed by atoms with Gasteiger partial charge in [-0.25, -0.2) is 4.79 Å². The van der Waals surface area contributed by atoms with Gasteiger partial charge < -0.3 is 25.6 Å². The normalized spacial score (nSPS) is 12.6. The Labute approximate surface area is 381 Å². The molecule has 0 saturated heterocycles. The first-order chi connectivity index (χ1) is 30.3. The van der Waals surface area contributed by atoms with Crippen molar-refractivity contribution in [2.75, 3.05) is 13.2 Å². The first-order valence-corrected chi connectivity index (χ1v) is 26.2. The Kier molecular flexibility index (Phi) is 45.7. The molecule has 0 heterocycles. The van der Waals surface area contributed by atoms with Crippen molar-refractivity contribution in [2.45, 2.75) is 276 Å². The maximum atomic E-state index is 12.9. The fraction of sp³-hybridized carbons (Fsp3) is 0.849. The average molecular weight is 875 g/mol. The van der Waals surface area contributed by atoms with Gasteiger partial charge in [0.2, 0.25) is 11.8 Å². The Morgan fingerprint density at radius 2 is 0.839 bits per heavy atom. The summed E-state index contributed by atoms with van der Waals surface area (Å²) in [4.78, 5) is 47.8. The van der Waals surface area contributed by atoms with Crippen LogP contribution in [0.3, 0.4) is 0 Å². The monoisotopic (exact) mass is 875 g/mol. The molecule has 9 heteroatoms. The van der Waals surface area contributed by atoms with Gasteiger partial charge in [-0.1, -0.05) is 192 Å². The zero-order valence-corrected chi connectivity index (χ0v) is 40.4. The molecule has 362 valence electrons. The van der Waals surface area contributed by atoms with Crippen LogP contribution >= 0.6 is 0 Å². The molecular weight excluding hydrogens is 777 g/mol. The summed E-state index contributed by atoms with van der Waals surface area (Å²) >= 11 is 0. The van der Waals surface area contributed by atoms with Crippen molar-refractivity contribution in [1.82, 2.24) is 10.6 Å². The highest BCUT2D eigenvalue weighted by Crippen LogP contribution is 2.18. The fourth-order valence-corrected chi connectivity index (χ4v) is 7.89. The van der Waals surface area contributed by atoms with Crippen LogP contribution in [0.2, 0.25) is 0 Å². The van der Waals surface area contributed by atoms with E-state index < -0.39 is 24.5 Å². The van der Waals surface area contributed by atoms with Gasteiger partial charge in [0.15, 0.2) is 0 Å². The summed E-state index contributed by atoms with van der Waals surface area (Å²) in [5.74, 6) is -2.30. The van der Waals surface area contributed by atoms with Crippen molar-refractivity contribution >= 4 is 23.8 Å². The number of carbonyl (C=O) groups excluding carboxylic acids is 3. The van der Waals surface area contributed by atoms with E-state index in [4.69, 9.17) is 14.9 Å². The molecule has 0 fully saturated rings. The Morgan fingerprint density at radius 3 is 1.27 bits per heavy atom. The number of rotatable bonds is 48. The smallest absolute Gasteiger partial charge is 0.328 e. The number of esters is 1. The van der Waals surface area contributed by atoms with E-state index in [9.17, 15) is 19.2 Å². The predicted molar refractivity (Wildman–Crippen MR) is 259 cm³/mol. The number of unbranched alkanes of at least 4 members (excludes halogenated alkanes) is 30. The third-order valence-electron chi connectivity index (χ3n) is 11.9. The summed E-state index contributed by atoms with van der Waals surface area (Å²) < 4.78 is 6.05. The number of carboxylic acid groups (broad SMARTS) is 1. The first-order valence-electron chi connectivity index (χ1n) is 26.2. The van der Waals surface area contributed by atoms with Crippen LogP contribution < -0.4 is 10.6 Å². The highest BCUT2D eigenvalue weighted by molar-refractivity contribution is 5.87. The second kappa shape index (κ2) is 47.8. The minimum absolute atomic E-state index is 0.0440. The lowest BCUT2D eigenvalue weighted by Gasteiger charge is -2.18. The number of aliphatic hydroxyl groups is 1. The van der Waals surface area contributed by atoms with E-state index in [2.05, 4.69) is 48.8 Å². The topological polar surface area (TPSA) is 142 Å². The van der Waals surface area contributed by atoms with Crippen molar-refractivity contribution in [3.05, 3.63) is 24.3 Å². The van der Waals surface area contributed by atoms with Crippen LogP contribution in [0.15, 0.2) is 24.3 Å². The third kappa shape index (κ3) is 43.9. The van der Waals surface area contributed by atoms with E-state index in [1.54, 1.807) is 0 Å². The maximum absolute atomic E-state index is 12.9. The Morgan fingerprint density at radius 1 is 0.468 bits per heavy atom. The SMILES string of the molecule is CCCCCCCCCC/C=C\CCCCCCCCCCCC(=O)OC(CCC/C=C\CCCCCCCCCC)CCCCCCCC(=O)NCC(=O)NC(CO)C(=O)O. The summed E-state index contributed by atoms with van der Waals surface area (Å²) in [7, 11) is 0. The molecule has 2 atom stereocenters. The largest absolute Gasteiger partial charge is 0.480 e. The van der Waals surface area contributed by atoms with Crippen LogP contribution in [0, 0.1) is 0 Å². The van der Waals surface area contributed by atoms with Gasteiger partial charge >= 0.3 is 11.9 Å². The zero-order chi connectivity index (χ0) is 45.4. The first kappa shape index (κ1) is 59.3. The molecule has 0 bridgehead atoms. The van der Waals surface area contributed by atoms with Gasteiger partial charge in [-0.2, -0.15) is 0 Å². The minimum atomic E-state index is -1.38. The van der Waals surface area contributed by atoms with Crippen LogP contribution in [0.25, 0.3) is 0 Å². The van der Waals surface area contributed by atoms with E-state index in [1.807, 2.05) is 0 Å². The number of nitrogens with one attached hydrogen (secondary N) is 2. The lowest BCUT2D eigenvalue weighted by Crippen LogP contribution is -2.47. The summed E-state index contributed by atoms with van der Waals surface area (Å²) in [6.07, 6.45) is 55.1. The molecule has 0 aromatic carbocycles. The van der Waals surface area contributed by atoms with Gasteiger partial charge in [0.1, 0.15) is 12.1 Å². The average Bonchev–Trinajstić information content (AvgIpc) is 3.26. The Hall–Kier alpha value is -2.68. The molecule has 0 aromatic heterocycles. The van der Waals surface area contributed by atoms with Crippen LogP contribution in [0.5, 0.6) is 0 Å². The Bertz CT molecular complexity index is 1090. The van der Waals surface area contributed by atoms with E-state index in [1.165, 1.54) is 161 Å². The molecule has 62 heavy (non-hydrogen) atoms. The lowest BCUT2D eigenvalue weighted by atomic mass is 10.0. The molecular formula is C53H98N2O7. The second-order valence-corrected chi connectivity index (χ2v) is 18.0. The number of ether oxygens (including phenoxy) is 1. The molecule has 0 aliphatic heterocycles. The van der Waals surface area contributed by atoms with Crippen LogP contribution in [-0.2, 0) is 23.9 Å². The van der Waals surface area contributed by atoms with Crippen molar-refractivity contribution in [3.63, 3.8) is 0 Å². The quantitative estimate of drug-likeness (QED) is 0.0271. The van der Waals surface area contributed by atoms with Gasteiger partial charge in [0.05, 0.1) is 13.2 Å². The van der Waals surface area contributed by atoms with Crippen LogP contribution in [-0.4, -0.2) is 59.3 Å². The molecule has 0 spiro atoms. The van der Waals surface area contributed by atoms with E-state index in [-0.39, 0.29) is 24.5 Å². The van der Waals surface area contributed by atoms with Gasteiger partial charge in [0, 0.05) is 12.8 Å². The Balaban J connectivity index is 4.25. The molecule has 0 rings (SSSR count). The van der Waals surface area contributed by atoms with Crippen molar-refractivity contribution in [3.8, 4) is 0 Å². The molecule has 0 aliphatic carbocycles. The number of hydrogen-bond acceptors (Lipinski definition) is 6. The summed E-state index contributed by atoms with van der Waals surface area (Å²) in [6.45, 7) is 3.51. The van der Waals surface area contributed by atoms with Gasteiger partial charge in [0.25, 0.3) is 0 Å². The van der Waals surface area contributed by atoms with Crippen LogP contribution in [0.4, 0.5) is 0 Å². The number of amides is 2. The van der Waals surface area contributed by atoms with Crippen LogP contribution in [0.1, 0.15) is 264 Å².